The molecule has 1 fully saturated rings. The van der Waals surface area contributed by atoms with Gasteiger partial charge in [0.25, 0.3) is 5.91 Å². The van der Waals surface area contributed by atoms with Crippen LogP contribution in [0.2, 0.25) is 0 Å². The molecule has 0 spiro atoms. The lowest BCUT2D eigenvalue weighted by Gasteiger charge is -2.25. The highest BCUT2D eigenvalue weighted by Crippen LogP contribution is 2.27. The van der Waals surface area contributed by atoms with Gasteiger partial charge in [-0.3, -0.25) is 9.59 Å². The summed E-state index contributed by atoms with van der Waals surface area (Å²) in [6.45, 7) is 9.09. The molecule has 212 valence electrons. The predicted molar refractivity (Wildman–Crippen MR) is 152 cm³/mol. The quantitative estimate of drug-likeness (QED) is 0.246. The minimum absolute atomic E-state index is 0.0257. The third-order valence-electron chi connectivity index (χ3n) is 6.15. The number of aryl methyl sites for hydroxylation is 1. The van der Waals surface area contributed by atoms with Gasteiger partial charge in [-0.1, -0.05) is 62.4 Å². The van der Waals surface area contributed by atoms with E-state index in [1.807, 2.05) is 26.8 Å². The molecule has 2 atom stereocenters. The Labute approximate surface area is 234 Å². The summed E-state index contributed by atoms with van der Waals surface area (Å²) < 4.78 is 25.3. The zero-order valence-corrected chi connectivity index (χ0v) is 23.3. The maximum absolute atomic E-state index is 14.5. The van der Waals surface area contributed by atoms with Crippen LogP contribution in [0.3, 0.4) is 0 Å². The molecular weight excluding hydrogens is 513 g/mol. The zero-order chi connectivity index (χ0) is 29.1. The monoisotopic (exact) mass is 549 g/mol. The van der Waals surface area contributed by atoms with E-state index in [0.717, 1.165) is 10.5 Å². The molecule has 4 rings (SSSR count). The van der Waals surface area contributed by atoms with Gasteiger partial charge in [0.15, 0.2) is 0 Å². The van der Waals surface area contributed by atoms with Gasteiger partial charge in [0.1, 0.15) is 30.3 Å². The van der Waals surface area contributed by atoms with Crippen LogP contribution in [0.4, 0.5) is 14.9 Å². The Morgan fingerprint density at radius 1 is 1.02 bits per heavy atom. The van der Waals surface area contributed by atoms with E-state index in [1.54, 1.807) is 61.5 Å². The molecular formula is C31H36FN3O5. The predicted octanol–water partition coefficient (Wildman–Crippen LogP) is 5.42. The van der Waals surface area contributed by atoms with Gasteiger partial charge in [-0.05, 0) is 54.8 Å². The van der Waals surface area contributed by atoms with Crippen molar-refractivity contribution in [1.29, 1.82) is 0 Å². The minimum atomic E-state index is -1.20. The van der Waals surface area contributed by atoms with Crippen LogP contribution >= 0.6 is 0 Å². The second-order valence-corrected chi connectivity index (χ2v) is 8.88. The average molecular weight is 550 g/mol. The van der Waals surface area contributed by atoms with E-state index in [2.05, 4.69) is 10.6 Å². The standard InChI is InChI=1S/C29H30FN3O5.C2H6/c1-3-37-15-16-38-22-12-10-21(11-13-22)26-28(35)33(29(36)32-26)25(18-20-7-5-4-6-8-20)27(34)31-24-14-9-19(2)17-23(24)30;1-2/h4-14,17,25-26H,3,15-16,18H2,1-2H3,(H,31,34)(H,32,36);1-2H3/t25?,26-;/m1./s1. The van der Waals surface area contributed by atoms with E-state index in [9.17, 15) is 18.8 Å². The number of nitrogens with zero attached hydrogens (tertiary/aromatic N) is 1. The van der Waals surface area contributed by atoms with E-state index >= 15 is 0 Å². The Kier molecular flexibility index (Phi) is 11.2. The number of halogens is 1. The van der Waals surface area contributed by atoms with Crippen molar-refractivity contribution in [1.82, 2.24) is 10.2 Å². The normalized spacial score (nSPS) is 15.1. The number of imide groups is 1. The highest BCUT2D eigenvalue weighted by atomic mass is 19.1. The van der Waals surface area contributed by atoms with E-state index in [-0.39, 0.29) is 12.1 Å². The topological polar surface area (TPSA) is 97.0 Å². The molecule has 1 unspecified atom stereocenters. The van der Waals surface area contributed by atoms with Gasteiger partial charge < -0.3 is 20.1 Å². The smallest absolute Gasteiger partial charge is 0.325 e. The van der Waals surface area contributed by atoms with Gasteiger partial charge in [-0.2, -0.15) is 0 Å². The molecule has 1 heterocycles. The molecule has 4 amide bonds. The highest BCUT2D eigenvalue weighted by molar-refractivity contribution is 6.09. The van der Waals surface area contributed by atoms with Crippen LogP contribution < -0.4 is 15.4 Å². The molecule has 0 saturated carbocycles. The first-order chi connectivity index (χ1) is 19.4. The van der Waals surface area contributed by atoms with Crippen molar-refractivity contribution in [3.8, 4) is 5.75 Å². The lowest BCUT2D eigenvalue weighted by Crippen LogP contribution is -2.49. The summed E-state index contributed by atoms with van der Waals surface area (Å²) in [5, 5.41) is 5.23. The van der Waals surface area contributed by atoms with Gasteiger partial charge in [-0.25, -0.2) is 14.1 Å². The van der Waals surface area contributed by atoms with Crippen molar-refractivity contribution >= 4 is 23.5 Å². The first kappa shape index (κ1) is 30.3. The Morgan fingerprint density at radius 2 is 1.73 bits per heavy atom. The van der Waals surface area contributed by atoms with Crippen molar-refractivity contribution in [2.75, 3.05) is 25.1 Å². The van der Waals surface area contributed by atoms with Gasteiger partial charge in [0, 0.05) is 13.0 Å². The lowest BCUT2D eigenvalue weighted by atomic mass is 10.0. The summed E-state index contributed by atoms with van der Waals surface area (Å²) in [4.78, 5) is 40.8. The Hall–Kier alpha value is -4.24. The fraction of sp³-hybridized carbons (Fsp3) is 0.323. The summed E-state index contributed by atoms with van der Waals surface area (Å²) in [6, 6.07) is 17.4. The molecule has 3 aromatic rings. The van der Waals surface area contributed by atoms with E-state index in [0.29, 0.717) is 36.7 Å². The van der Waals surface area contributed by atoms with Crippen molar-refractivity contribution in [2.45, 2.75) is 46.2 Å². The van der Waals surface area contributed by atoms with Crippen LogP contribution in [0.15, 0.2) is 72.8 Å². The molecule has 1 aliphatic rings. The zero-order valence-electron chi connectivity index (χ0n) is 23.3. The number of urea groups is 1. The fourth-order valence-corrected chi connectivity index (χ4v) is 4.21. The number of anilines is 1. The molecule has 8 nitrogen and oxygen atoms in total. The maximum Gasteiger partial charge on any atom is 0.325 e. The van der Waals surface area contributed by atoms with Crippen molar-refractivity contribution in [3.63, 3.8) is 0 Å². The number of hydrogen-bond donors (Lipinski definition) is 2. The van der Waals surface area contributed by atoms with Crippen LogP contribution in [-0.4, -0.2) is 48.6 Å². The van der Waals surface area contributed by atoms with Crippen molar-refractivity contribution < 1.29 is 28.2 Å². The van der Waals surface area contributed by atoms with E-state index in [1.165, 1.54) is 12.1 Å². The van der Waals surface area contributed by atoms with Gasteiger partial charge >= 0.3 is 6.03 Å². The number of nitrogens with one attached hydrogen (secondary N) is 2. The number of amides is 4. The van der Waals surface area contributed by atoms with E-state index in [4.69, 9.17) is 9.47 Å². The van der Waals surface area contributed by atoms with Crippen LogP contribution in [0, 0.1) is 12.7 Å². The summed E-state index contributed by atoms with van der Waals surface area (Å²) in [5.41, 5.74) is 1.97. The van der Waals surface area contributed by atoms with Gasteiger partial charge in [-0.15, -0.1) is 0 Å². The number of carbonyl (C=O) groups is 3. The third kappa shape index (κ3) is 7.66. The minimum Gasteiger partial charge on any atom is -0.491 e. The van der Waals surface area contributed by atoms with Crippen molar-refractivity contribution in [2.24, 2.45) is 0 Å². The molecule has 0 radical (unpaired) electrons. The molecule has 0 bridgehead atoms. The number of benzene rings is 3. The summed E-state index contributed by atoms with van der Waals surface area (Å²) >= 11 is 0. The van der Waals surface area contributed by atoms with Crippen LogP contribution in [-0.2, 0) is 20.7 Å². The number of ether oxygens (including phenoxy) is 2. The van der Waals surface area contributed by atoms with Crippen LogP contribution in [0.1, 0.15) is 43.5 Å². The van der Waals surface area contributed by atoms with E-state index < -0.39 is 35.7 Å². The largest absolute Gasteiger partial charge is 0.491 e. The van der Waals surface area contributed by atoms with Crippen LogP contribution in [0.5, 0.6) is 5.75 Å². The number of hydrogen-bond acceptors (Lipinski definition) is 5. The first-order valence-electron chi connectivity index (χ1n) is 13.4. The first-order valence-corrected chi connectivity index (χ1v) is 13.4. The molecule has 1 aliphatic heterocycles. The Bertz CT molecular complexity index is 1280. The SMILES string of the molecule is CC.CCOCCOc1ccc([C@H]2NC(=O)N(C(Cc3ccccc3)C(=O)Nc3ccc(C)cc3F)C2=O)cc1. The summed E-state index contributed by atoms with van der Waals surface area (Å²) in [6.07, 6.45) is 0.0681. The fourth-order valence-electron chi connectivity index (χ4n) is 4.21. The molecule has 0 aliphatic carbocycles. The molecule has 40 heavy (non-hydrogen) atoms. The highest BCUT2D eigenvalue weighted by Gasteiger charge is 2.45. The molecule has 2 N–H and O–H groups in total. The lowest BCUT2D eigenvalue weighted by molar-refractivity contribution is -0.134. The van der Waals surface area contributed by atoms with Crippen molar-refractivity contribution in [3.05, 3.63) is 95.3 Å². The number of carbonyl (C=O) groups excluding carboxylic acids is 3. The molecule has 3 aromatic carbocycles. The summed E-state index contributed by atoms with van der Waals surface area (Å²) in [7, 11) is 0. The Morgan fingerprint density at radius 3 is 2.38 bits per heavy atom. The molecule has 9 heteroatoms. The van der Waals surface area contributed by atoms with Gasteiger partial charge in [0.2, 0.25) is 5.91 Å². The maximum atomic E-state index is 14.5. The molecule has 0 aromatic heterocycles. The second-order valence-electron chi connectivity index (χ2n) is 8.88. The second kappa shape index (κ2) is 14.8. The van der Waals surface area contributed by atoms with Crippen LogP contribution in [0.25, 0.3) is 0 Å². The Balaban J connectivity index is 0.00000216. The summed E-state index contributed by atoms with van der Waals surface area (Å²) in [5.74, 6) is -1.24. The third-order valence-corrected chi connectivity index (χ3v) is 6.15. The van der Waals surface area contributed by atoms with Gasteiger partial charge in [0.05, 0.1) is 12.3 Å². The molecule has 1 saturated heterocycles. The average Bonchev–Trinajstić information content (AvgIpc) is 3.26. The number of rotatable bonds is 11.